The molecule has 0 aliphatic carbocycles. The predicted molar refractivity (Wildman–Crippen MR) is 78.8 cm³/mol. The molecule has 0 bridgehead atoms. The summed E-state index contributed by atoms with van der Waals surface area (Å²) < 4.78 is 27.0. The number of benzene rings is 1. The Bertz CT molecular complexity index is 682. The van der Waals surface area contributed by atoms with Gasteiger partial charge in [0, 0.05) is 18.3 Å². The van der Waals surface area contributed by atoms with Crippen molar-refractivity contribution in [1.82, 2.24) is 4.98 Å². The third-order valence-electron chi connectivity index (χ3n) is 2.98. The number of hydrogen-bond donors (Lipinski definition) is 2. The van der Waals surface area contributed by atoms with Crippen molar-refractivity contribution in [2.24, 2.45) is 5.73 Å². The highest BCUT2D eigenvalue weighted by molar-refractivity contribution is 7.92. The van der Waals surface area contributed by atoms with Gasteiger partial charge in [0.25, 0.3) is 10.0 Å². The maximum atomic E-state index is 12.3. The van der Waals surface area contributed by atoms with Crippen molar-refractivity contribution in [1.29, 1.82) is 0 Å². The van der Waals surface area contributed by atoms with Gasteiger partial charge in [-0.3, -0.25) is 4.72 Å². The lowest BCUT2D eigenvalue weighted by molar-refractivity contribution is 0.601. The van der Waals surface area contributed by atoms with Gasteiger partial charge in [-0.1, -0.05) is 25.1 Å². The summed E-state index contributed by atoms with van der Waals surface area (Å²) in [7, 11) is -3.64. The number of aryl methyl sites for hydroxylation is 1. The van der Waals surface area contributed by atoms with E-state index in [1.54, 1.807) is 36.4 Å². The summed E-state index contributed by atoms with van der Waals surface area (Å²) in [4.78, 5) is 4.24. The lowest BCUT2D eigenvalue weighted by Crippen LogP contribution is -2.16. The summed E-state index contributed by atoms with van der Waals surface area (Å²) in [6.45, 7) is 2.24. The van der Waals surface area contributed by atoms with E-state index >= 15 is 0 Å². The molecule has 20 heavy (non-hydrogen) atoms. The standard InChI is InChI=1S/C14H17N3O2S/c1-2-11-5-7-13(8-6-11)20(18,19)17-14-12(10-15)4-3-9-16-14/h3-9H,2,10,15H2,1H3,(H,16,17). The normalized spacial score (nSPS) is 11.3. The third-order valence-corrected chi connectivity index (χ3v) is 4.34. The second-order valence-electron chi connectivity index (χ2n) is 4.32. The summed E-state index contributed by atoms with van der Waals surface area (Å²) in [5.74, 6) is 0.273. The first kappa shape index (κ1) is 14.5. The van der Waals surface area contributed by atoms with Gasteiger partial charge in [0.2, 0.25) is 0 Å². The number of nitrogens with two attached hydrogens (primary N) is 1. The molecule has 0 unspecified atom stereocenters. The summed E-state index contributed by atoms with van der Waals surface area (Å²) >= 11 is 0. The first-order valence-corrected chi connectivity index (χ1v) is 7.81. The van der Waals surface area contributed by atoms with Crippen LogP contribution in [0.2, 0.25) is 0 Å². The van der Waals surface area contributed by atoms with E-state index in [1.807, 2.05) is 6.92 Å². The topological polar surface area (TPSA) is 85.1 Å². The molecule has 0 fully saturated rings. The van der Waals surface area contributed by atoms with Crippen LogP contribution in [0, 0.1) is 0 Å². The Morgan fingerprint density at radius 3 is 2.50 bits per heavy atom. The van der Waals surface area contributed by atoms with Crippen molar-refractivity contribution in [2.45, 2.75) is 24.8 Å². The van der Waals surface area contributed by atoms with Gasteiger partial charge < -0.3 is 5.73 Å². The van der Waals surface area contributed by atoms with Crippen LogP contribution < -0.4 is 10.5 Å². The van der Waals surface area contributed by atoms with Gasteiger partial charge in [-0.25, -0.2) is 13.4 Å². The minimum atomic E-state index is -3.64. The zero-order valence-electron chi connectivity index (χ0n) is 11.2. The van der Waals surface area contributed by atoms with Crippen LogP contribution in [-0.4, -0.2) is 13.4 Å². The molecule has 1 heterocycles. The molecule has 0 aliphatic heterocycles. The second kappa shape index (κ2) is 6.02. The van der Waals surface area contributed by atoms with E-state index < -0.39 is 10.0 Å². The number of nitrogens with one attached hydrogen (secondary N) is 1. The van der Waals surface area contributed by atoms with Crippen molar-refractivity contribution in [2.75, 3.05) is 4.72 Å². The van der Waals surface area contributed by atoms with Crippen molar-refractivity contribution in [3.8, 4) is 0 Å². The fourth-order valence-corrected chi connectivity index (χ4v) is 2.84. The Kier molecular flexibility index (Phi) is 4.36. The van der Waals surface area contributed by atoms with E-state index in [4.69, 9.17) is 5.73 Å². The Morgan fingerprint density at radius 1 is 1.20 bits per heavy atom. The summed E-state index contributed by atoms with van der Waals surface area (Å²) in [5, 5.41) is 0. The van der Waals surface area contributed by atoms with Gasteiger partial charge in [-0.05, 0) is 30.2 Å². The molecule has 2 rings (SSSR count). The Balaban J connectivity index is 2.30. The smallest absolute Gasteiger partial charge is 0.263 e. The van der Waals surface area contributed by atoms with Crippen LogP contribution in [0.3, 0.4) is 0 Å². The number of pyridine rings is 1. The van der Waals surface area contributed by atoms with Crippen LogP contribution in [-0.2, 0) is 23.0 Å². The molecule has 106 valence electrons. The highest BCUT2D eigenvalue weighted by Gasteiger charge is 2.16. The van der Waals surface area contributed by atoms with Crippen LogP contribution >= 0.6 is 0 Å². The zero-order chi connectivity index (χ0) is 14.6. The number of rotatable bonds is 5. The number of sulfonamides is 1. The molecule has 1 aromatic heterocycles. The first-order chi connectivity index (χ1) is 9.56. The summed E-state index contributed by atoms with van der Waals surface area (Å²) in [6.07, 6.45) is 2.39. The predicted octanol–water partition coefficient (Wildman–Crippen LogP) is 1.90. The van der Waals surface area contributed by atoms with Crippen LogP contribution in [0.1, 0.15) is 18.1 Å². The quantitative estimate of drug-likeness (QED) is 0.881. The largest absolute Gasteiger partial charge is 0.326 e. The van der Waals surface area contributed by atoms with Crippen molar-refractivity contribution >= 4 is 15.8 Å². The molecular weight excluding hydrogens is 274 g/mol. The van der Waals surface area contributed by atoms with E-state index in [0.717, 1.165) is 12.0 Å². The van der Waals surface area contributed by atoms with Crippen molar-refractivity contribution < 1.29 is 8.42 Å². The van der Waals surface area contributed by atoms with Gasteiger partial charge in [-0.15, -0.1) is 0 Å². The molecule has 0 amide bonds. The SMILES string of the molecule is CCc1ccc(S(=O)(=O)Nc2ncccc2CN)cc1. The minimum Gasteiger partial charge on any atom is -0.326 e. The summed E-state index contributed by atoms with van der Waals surface area (Å²) in [5.41, 5.74) is 7.31. The minimum absolute atomic E-state index is 0.211. The molecule has 6 heteroatoms. The molecule has 0 spiro atoms. The zero-order valence-corrected chi connectivity index (χ0v) is 12.0. The molecular formula is C14H17N3O2S. The van der Waals surface area contributed by atoms with Crippen LogP contribution in [0.5, 0.6) is 0 Å². The van der Waals surface area contributed by atoms with Crippen molar-refractivity contribution in [3.05, 3.63) is 53.7 Å². The average Bonchev–Trinajstić information content (AvgIpc) is 2.47. The lowest BCUT2D eigenvalue weighted by Gasteiger charge is -2.10. The Hall–Kier alpha value is -1.92. The van der Waals surface area contributed by atoms with Gasteiger partial charge >= 0.3 is 0 Å². The molecule has 0 aliphatic rings. The molecule has 0 saturated carbocycles. The van der Waals surface area contributed by atoms with E-state index in [0.29, 0.717) is 5.56 Å². The van der Waals surface area contributed by atoms with Crippen LogP contribution in [0.4, 0.5) is 5.82 Å². The highest BCUT2D eigenvalue weighted by atomic mass is 32.2. The maximum Gasteiger partial charge on any atom is 0.263 e. The Morgan fingerprint density at radius 2 is 1.90 bits per heavy atom. The van der Waals surface area contributed by atoms with E-state index in [2.05, 4.69) is 9.71 Å². The second-order valence-corrected chi connectivity index (χ2v) is 6.00. The highest BCUT2D eigenvalue weighted by Crippen LogP contribution is 2.18. The van der Waals surface area contributed by atoms with Gasteiger partial charge in [-0.2, -0.15) is 0 Å². The maximum absolute atomic E-state index is 12.3. The molecule has 3 N–H and O–H groups in total. The molecule has 0 saturated heterocycles. The van der Waals surface area contributed by atoms with E-state index in [1.165, 1.54) is 6.20 Å². The fraction of sp³-hybridized carbons (Fsp3) is 0.214. The average molecular weight is 291 g/mol. The fourth-order valence-electron chi connectivity index (χ4n) is 1.79. The lowest BCUT2D eigenvalue weighted by atomic mass is 10.2. The van der Waals surface area contributed by atoms with E-state index in [-0.39, 0.29) is 17.3 Å². The molecule has 5 nitrogen and oxygen atoms in total. The molecule has 0 atom stereocenters. The van der Waals surface area contributed by atoms with Crippen LogP contribution in [0.15, 0.2) is 47.5 Å². The number of anilines is 1. The van der Waals surface area contributed by atoms with Crippen molar-refractivity contribution in [3.63, 3.8) is 0 Å². The number of hydrogen-bond acceptors (Lipinski definition) is 4. The number of nitrogens with zero attached hydrogens (tertiary/aromatic N) is 1. The van der Waals surface area contributed by atoms with E-state index in [9.17, 15) is 8.42 Å². The number of aromatic nitrogens is 1. The summed E-state index contributed by atoms with van der Waals surface area (Å²) in [6, 6.07) is 10.2. The van der Waals surface area contributed by atoms with Gasteiger partial charge in [0.05, 0.1) is 4.90 Å². The molecule has 1 aromatic carbocycles. The van der Waals surface area contributed by atoms with Crippen LogP contribution in [0.25, 0.3) is 0 Å². The molecule has 0 radical (unpaired) electrons. The van der Waals surface area contributed by atoms with Gasteiger partial charge in [0.15, 0.2) is 0 Å². The first-order valence-electron chi connectivity index (χ1n) is 6.32. The third kappa shape index (κ3) is 3.15. The Labute approximate surface area is 118 Å². The molecule has 2 aromatic rings. The van der Waals surface area contributed by atoms with Gasteiger partial charge in [0.1, 0.15) is 5.82 Å². The monoisotopic (exact) mass is 291 g/mol.